The first-order valence-electron chi connectivity index (χ1n) is 7.42. The molecule has 1 amide bonds. The molecule has 0 spiro atoms. The lowest BCUT2D eigenvalue weighted by atomic mass is 10.2. The summed E-state index contributed by atoms with van der Waals surface area (Å²) in [4.78, 5) is 18.9. The van der Waals surface area contributed by atoms with Crippen LogP contribution in [0.5, 0.6) is 0 Å². The van der Waals surface area contributed by atoms with Crippen molar-refractivity contribution in [2.24, 2.45) is 0 Å². The van der Waals surface area contributed by atoms with E-state index in [0.717, 1.165) is 15.5 Å². The van der Waals surface area contributed by atoms with E-state index in [0.29, 0.717) is 29.0 Å². The van der Waals surface area contributed by atoms with Crippen molar-refractivity contribution in [3.05, 3.63) is 62.5 Å². The summed E-state index contributed by atoms with van der Waals surface area (Å²) in [6.45, 7) is 1.40. The van der Waals surface area contributed by atoms with E-state index in [4.69, 9.17) is 0 Å². The lowest BCUT2D eigenvalue weighted by molar-refractivity contribution is 0.0683. The largest absolute Gasteiger partial charge is 0.330 e. The summed E-state index contributed by atoms with van der Waals surface area (Å²) in [5, 5.41) is 0. The van der Waals surface area contributed by atoms with E-state index in [2.05, 4.69) is 36.8 Å². The minimum atomic E-state index is -0.320. The number of carbonyl (C=O) groups excluding carboxylic acids is 1. The molecule has 1 aliphatic heterocycles. The number of para-hydroxylation sites is 1. The van der Waals surface area contributed by atoms with Crippen molar-refractivity contribution in [3.8, 4) is 0 Å². The molecule has 0 N–H and O–H groups in total. The zero-order chi connectivity index (χ0) is 16.8. The van der Waals surface area contributed by atoms with Gasteiger partial charge in [0, 0.05) is 34.1 Å². The fourth-order valence-corrected chi connectivity index (χ4v) is 3.90. The van der Waals surface area contributed by atoms with Crippen molar-refractivity contribution in [1.29, 1.82) is 0 Å². The highest BCUT2D eigenvalue weighted by molar-refractivity contribution is 9.11. The summed E-state index contributed by atoms with van der Waals surface area (Å²) in [6, 6.07) is 10.6. The molecule has 0 atom stereocenters. The van der Waals surface area contributed by atoms with Crippen LogP contribution in [0.4, 0.5) is 4.39 Å². The van der Waals surface area contributed by atoms with Crippen LogP contribution >= 0.6 is 31.9 Å². The normalized spacial score (nSPS) is 14.3. The van der Waals surface area contributed by atoms with Crippen LogP contribution < -0.4 is 0 Å². The van der Waals surface area contributed by atoms with Gasteiger partial charge in [-0.15, -0.1) is 0 Å². The molecule has 0 unspecified atom stereocenters. The second kappa shape index (κ2) is 5.97. The van der Waals surface area contributed by atoms with Crippen molar-refractivity contribution in [2.45, 2.75) is 13.1 Å². The van der Waals surface area contributed by atoms with E-state index in [-0.39, 0.29) is 18.3 Å². The third kappa shape index (κ3) is 2.56. The van der Waals surface area contributed by atoms with Gasteiger partial charge < -0.3 is 9.47 Å². The Hall–Kier alpha value is -1.73. The van der Waals surface area contributed by atoms with Crippen molar-refractivity contribution in [1.82, 2.24) is 14.5 Å². The van der Waals surface area contributed by atoms with Crippen LogP contribution in [0.1, 0.15) is 16.2 Å². The minimum Gasteiger partial charge on any atom is -0.330 e. The van der Waals surface area contributed by atoms with Gasteiger partial charge in [-0.1, -0.05) is 28.1 Å². The van der Waals surface area contributed by atoms with Gasteiger partial charge in [-0.2, -0.15) is 0 Å². The lowest BCUT2D eigenvalue weighted by Gasteiger charge is -2.28. The molecule has 4 nitrogen and oxygen atoms in total. The van der Waals surface area contributed by atoms with Gasteiger partial charge in [-0.3, -0.25) is 4.79 Å². The number of hydrogen-bond acceptors (Lipinski definition) is 2. The third-order valence-corrected chi connectivity index (χ3v) is 5.30. The van der Waals surface area contributed by atoms with Gasteiger partial charge in [-0.25, -0.2) is 9.37 Å². The molecule has 2 heterocycles. The topological polar surface area (TPSA) is 38.1 Å². The van der Waals surface area contributed by atoms with E-state index in [9.17, 15) is 9.18 Å². The first-order valence-corrected chi connectivity index (χ1v) is 9.01. The van der Waals surface area contributed by atoms with E-state index in [1.165, 1.54) is 6.07 Å². The molecule has 122 valence electrons. The molecule has 7 heteroatoms. The Balaban J connectivity index is 1.69. The standard InChI is InChI=1S/C17H12Br2FN3O/c18-11-5-4-10(13(20)8-11)9-22-6-7-23-15-12(19)2-1-3-14(15)21-16(23)17(22)24/h1-5,8H,6-7,9H2. The highest BCUT2D eigenvalue weighted by Gasteiger charge is 2.29. The maximum Gasteiger partial charge on any atom is 0.290 e. The summed E-state index contributed by atoms with van der Waals surface area (Å²) in [6.07, 6.45) is 0. The number of nitrogens with zero attached hydrogens (tertiary/aromatic N) is 3. The summed E-state index contributed by atoms with van der Waals surface area (Å²) in [5.74, 6) is -0.0914. The van der Waals surface area contributed by atoms with Gasteiger partial charge in [0.1, 0.15) is 5.82 Å². The zero-order valence-electron chi connectivity index (χ0n) is 12.5. The number of fused-ring (bicyclic) bond motifs is 3. The van der Waals surface area contributed by atoms with Crippen molar-refractivity contribution < 1.29 is 9.18 Å². The minimum absolute atomic E-state index is 0.174. The molecule has 24 heavy (non-hydrogen) atoms. The molecule has 2 aromatic carbocycles. The highest BCUT2D eigenvalue weighted by atomic mass is 79.9. The van der Waals surface area contributed by atoms with Gasteiger partial charge in [0.15, 0.2) is 5.82 Å². The highest BCUT2D eigenvalue weighted by Crippen LogP contribution is 2.28. The summed E-state index contributed by atoms with van der Waals surface area (Å²) in [7, 11) is 0. The molecule has 1 aliphatic rings. The number of carbonyl (C=O) groups is 1. The van der Waals surface area contributed by atoms with Crippen molar-refractivity contribution in [2.75, 3.05) is 6.54 Å². The molecule has 4 rings (SSSR count). The average Bonchev–Trinajstić information content (AvgIpc) is 2.93. The Labute approximate surface area is 154 Å². The quantitative estimate of drug-likeness (QED) is 0.579. The average molecular weight is 453 g/mol. The number of amides is 1. The number of hydrogen-bond donors (Lipinski definition) is 0. The van der Waals surface area contributed by atoms with E-state index in [1.54, 1.807) is 17.0 Å². The summed E-state index contributed by atoms with van der Waals surface area (Å²) >= 11 is 6.76. The number of halogens is 3. The fraction of sp³-hybridized carbons (Fsp3) is 0.176. The van der Waals surface area contributed by atoms with Crippen LogP contribution in [-0.4, -0.2) is 26.9 Å². The van der Waals surface area contributed by atoms with Crippen LogP contribution in [0.25, 0.3) is 11.0 Å². The Morgan fingerprint density at radius 2 is 2.00 bits per heavy atom. The van der Waals surface area contributed by atoms with Crippen LogP contribution in [0, 0.1) is 5.82 Å². The first-order chi connectivity index (χ1) is 11.5. The molecule has 1 aromatic heterocycles. The predicted octanol–water partition coefficient (Wildman–Crippen LogP) is 4.36. The lowest BCUT2D eigenvalue weighted by Crippen LogP contribution is -2.40. The van der Waals surface area contributed by atoms with Crippen LogP contribution in [0.3, 0.4) is 0 Å². The Kier molecular flexibility index (Phi) is 3.92. The molecule has 0 fully saturated rings. The molecule has 0 aliphatic carbocycles. The Morgan fingerprint density at radius 3 is 2.79 bits per heavy atom. The molecule has 0 saturated carbocycles. The molecular formula is C17H12Br2FN3O. The third-order valence-electron chi connectivity index (χ3n) is 4.17. The Morgan fingerprint density at radius 1 is 1.17 bits per heavy atom. The van der Waals surface area contributed by atoms with Gasteiger partial charge in [0.05, 0.1) is 11.0 Å². The monoisotopic (exact) mass is 451 g/mol. The maximum atomic E-state index is 14.1. The Bertz CT molecular complexity index is 970. The second-order valence-electron chi connectivity index (χ2n) is 5.66. The molecular weight excluding hydrogens is 441 g/mol. The van der Waals surface area contributed by atoms with Gasteiger partial charge in [0.25, 0.3) is 5.91 Å². The molecule has 0 saturated heterocycles. The smallest absolute Gasteiger partial charge is 0.290 e. The van der Waals surface area contributed by atoms with Gasteiger partial charge in [-0.05, 0) is 40.2 Å². The van der Waals surface area contributed by atoms with Crippen molar-refractivity contribution >= 4 is 48.8 Å². The maximum absolute atomic E-state index is 14.1. The van der Waals surface area contributed by atoms with Gasteiger partial charge in [0.2, 0.25) is 0 Å². The second-order valence-corrected chi connectivity index (χ2v) is 7.43. The fourth-order valence-electron chi connectivity index (χ4n) is 2.99. The van der Waals surface area contributed by atoms with Crippen LogP contribution in [0.15, 0.2) is 45.3 Å². The number of imidazole rings is 1. The van der Waals surface area contributed by atoms with E-state index >= 15 is 0 Å². The predicted molar refractivity (Wildman–Crippen MR) is 96.3 cm³/mol. The summed E-state index contributed by atoms with van der Waals surface area (Å²) < 4.78 is 17.6. The van der Waals surface area contributed by atoms with E-state index < -0.39 is 0 Å². The zero-order valence-corrected chi connectivity index (χ0v) is 15.6. The molecule has 3 aromatic rings. The number of benzene rings is 2. The van der Waals surface area contributed by atoms with Crippen LogP contribution in [-0.2, 0) is 13.1 Å². The van der Waals surface area contributed by atoms with Crippen LogP contribution in [0.2, 0.25) is 0 Å². The van der Waals surface area contributed by atoms with E-state index in [1.807, 2.05) is 22.8 Å². The SMILES string of the molecule is O=C1c2nc3cccc(Br)c3n2CCN1Cc1ccc(Br)cc1F. The first kappa shape index (κ1) is 15.8. The van der Waals surface area contributed by atoms with Gasteiger partial charge >= 0.3 is 0 Å². The molecule has 0 radical (unpaired) electrons. The van der Waals surface area contributed by atoms with Crippen molar-refractivity contribution in [3.63, 3.8) is 0 Å². The summed E-state index contributed by atoms with van der Waals surface area (Å²) in [5.41, 5.74) is 2.21. The molecule has 0 bridgehead atoms. The number of rotatable bonds is 2. The number of aromatic nitrogens is 2.